The molecule has 0 radical (unpaired) electrons. The van der Waals surface area contributed by atoms with Crippen molar-refractivity contribution in [3.63, 3.8) is 0 Å². The summed E-state index contributed by atoms with van der Waals surface area (Å²) in [5.74, 6) is -0.206. The van der Waals surface area contributed by atoms with Gasteiger partial charge in [-0.1, -0.05) is 24.3 Å². The molecule has 0 unspecified atom stereocenters. The third-order valence-corrected chi connectivity index (χ3v) is 3.42. The van der Waals surface area contributed by atoms with E-state index in [1.807, 2.05) is 13.0 Å². The highest BCUT2D eigenvalue weighted by Gasteiger charge is 2.14. The molecule has 0 aliphatic carbocycles. The third-order valence-electron chi connectivity index (χ3n) is 3.42. The minimum Gasteiger partial charge on any atom is -0.459 e. The maximum atomic E-state index is 12.2. The zero-order chi connectivity index (χ0) is 16.9. The summed E-state index contributed by atoms with van der Waals surface area (Å²) in [6, 6.07) is 17.0. The number of benzene rings is 2. The molecule has 3 aromatic rings. The smallest absolute Gasteiger partial charge is 0.343 e. The SMILES string of the molecule is Cc1ccc(C(=O)Oc2ccccc2)cc1NC(=O)c1ccco1. The molecule has 0 saturated carbocycles. The molecule has 120 valence electrons. The van der Waals surface area contributed by atoms with Gasteiger partial charge in [0, 0.05) is 5.69 Å². The van der Waals surface area contributed by atoms with Crippen molar-refractivity contribution < 1.29 is 18.7 Å². The van der Waals surface area contributed by atoms with E-state index in [-0.39, 0.29) is 11.7 Å². The standard InChI is InChI=1S/C19H15NO4/c1-13-9-10-14(19(22)24-15-6-3-2-4-7-15)12-16(13)20-18(21)17-8-5-11-23-17/h2-12H,1H3,(H,20,21). The van der Waals surface area contributed by atoms with E-state index in [2.05, 4.69) is 5.32 Å². The number of para-hydroxylation sites is 1. The Bertz CT molecular complexity index is 854. The average molecular weight is 321 g/mol. The predicted molar refractivity (Wildman–Crippen MR) is 89.2 cm³/mol. The predicted octanol–water partition coefficient (Wildman–Crippen LogP) is 4.06. The largest absolute Gasteiger partial charge is 0.459 e. The van der Waals surface area contributed by atoms with E-state index in [0.717, 1.165) is 5.56 Å². The maximum absolute atomic E-state index is 12.2. The Morgan fingerprint density at radius 3 is 2.50 bits per heavy atom. The van der Waals surface area contributed by atoms with Crippen molar-refractivity contribution in [1.82, 2.24) is 0 Å². The maximum Gasteiger partial charge on any atom is 0.343 e. The first-order valence-corrected chi connectivity index (χ1v) is 7.36. The number of nitrogens with one attached hydrogen (secondary N) is 1. The zero-order valence-corrected chi connectivity index (χ0v) is 13.0. The van der Waals surface area contributed by atoms with Crippen LogP contribution in [0.15, 0.2) is 71.3 Å². The monoisotopic (exact) mass is 321 g/mol. The summed E-state index contributed by atoms with van der Waals surface area (Å²) in [5.41, 5.74) is 1.70. The molecule has 0 atom stereocenters. The molecule has 1 aromatic heterocycles. The number of ether oxygens (including phenoxy) is 1. The first-order valence-electron chi connectivity index (χ1n) is 7.36. The number of furan rings is 1. The summed E-state index contributed by atoms with van der Waals surface area (Å²) < 4.78 is 10.4. The van der Waals surface area contributed by atoms with Gasteiger partial charge in [-0.3, -0.25) is 4.79 Å². The Labute approximate surface area is 138 Å². The Kier molecular flexibility index (Phi) is 4.43. The van der Waals surface area contributed by atoms with Crippen molar-refractivity contribution in [1.29, 1.82) is 0 Å². The van der Waals surface area contributed by atoms with Crippen LogP contribution in [-0.4, -0.2) is 11.9 Å². The van der Waals surface area contributed by atoms with Crippen LogP contribution in [0.1, 0.15) is 26.5 Å². The Morgan fingerprint density at radius 2 is 1.79 bits per heavy atom. The zero-order valence-electron chi connectivity index (χ0n) is 13.0. The molecule has 0 aliphatic rings. The molecule has 2 aromatic carbocycles. The first-order chi connectivity index (χ1) is 11.6. The van der Waals surface area contributed by atoms with E-state index in [4.69, 9.17) is 9.15 Å². The number of hydrogen-bond donors (Lipinski definition) is 1. The molecule has 24 heavy (non-hydrogen) atoms. The van der Waals surface area contributed by atoms with Crippen LogP contribution in [0.5, 0.6) is 5.75 Å². The van der Waals surface area contributed by atoms with Gasteiger partial charge in [-0.15, -0.1) is 0 Å². The number of carbonyl (C=O) groups is 2. The molecule has 0 spiro atoms. The second-order valence-corrected chi connectivity index (χ2v) is 5.16. The van der Waals surface area contributed by atoms with Gasteiger partial charge in [-0.25, -0.2) is 4.79 Å². The van der Waals surface area contributed by atoms with E-state index in [1.54, 1.807) is 54.6 Å². The summed E-state index contributed by atoms with van der Waals surface area (Å²) in [7, 11) is 0. The molecule has 0 bridgehead atoms. The number of aryl methyl sites for hydroxylation is 1. The summed E-state index contributed by atoms with van der Waals surface area (Å²) in [4.78, 5) is 24.3. The van der Waals surface area contributed by atoms with Crippen molar-refractivity contribution >= 4 is 17.6 Å². The molecular weight excluding hydrogens is 306 g/mol. The summed E-state index contributed by atoms with van der Waals surface area (Å²) in [5, 5.41) is 2.73. The normalized spacial score (nSPS) is 10.2. The number of carbonyl (C=O) groups excluding carboxylic acids is 2. The molecule has 3 rings (SSSR count). The molecule has 1 amide bonds. The number of amides is 1. The van der Waals surface area contributed by atoms with Crippen LogP contribution in [0.2, 0.25) is 0 Å². The second kappa shape index (κ2) is 6.83. The Morgan fingerprint density at radius 1 is 1.00 bits per heavy atom. The molecule has 5 nitrogen and oxygen atoms in total. The molecule has 0 fully saturated rings. The highest BCUT2D eigenvalue weighted by molar-refractivity contribution is 6.03. The molecular formula is C19H15NO4. The van der Waals surface area contributed by atoms with Crippen molar-refractivity contribution in [2.24, 2.45) is 0 Å². The minimum absolute atomic E-state index is 0.201. The van der Waals surface area contributed by atoms with Gasteiger partial charge in [-0.05, 0) is 48.9 Å². The quantitative estimate of drug-likeness (QED) is 0.581. The van der Waals surface area contributed by atoms with Gasteiger partial charge >= 0.3 is 5.97 Å². The van der Waals surface area contributed by atoms with Crippen LogP contribution in [0.3, 0.4) is 0 Å². The van der Waals surface area contributed by atoms with Gasteiger partial charge in [0.2, 0.25) is 0 Å². The van der Waals surface area contributed by atoms with Crippen LogP contribution in [0.4, 0.5) is 5.69 Å². The molecule has 5 heteroatoms. The molecule has 0 aliphatic heterocycles. The molecule has 1 heterocycles. The Hall–Kier alpha value is -3.34. The lowest BCUT2D eigenvalue weighted by Gasteiger charge is -2.10. The average Bonchev–Trinajstić information content (AvgIpc) is 3.12. The summed E-state index contributed by atoms with van der Waals surface area (Å²) in [6.45, 7) is 1.84. The number of esters is 1. The lowest BCUT2D eigenvalue weighted by Crippen LogP contribution is -2.14. The van der Waals surface area contributed by atoms with Gasteiger partial charge in [0.1, 0.15) is 5.75 Å². The summed E-state index contributed by atoms with van der Waals surface area (Å²) >= 11 is 0. The van der Waals surface area contributed by atoms with Gasteiger partial charge in [0.05, 0.1) is 11.8 Å². The molecule has 1 N–H and O–H groups in total. The number of anilines is 1. The van der Waals surface area contributed by atoms with Crippen molar-refractivity contribution in [3.05, 3.63) is 83.8 Å². The van der Waals surface area contributed by atoms with Crippen molar-refractivity contribution in [2.75, 3.05) is 5.32 Å². The highest BCUT2D eigenvalue weighted by atomic mass is 16.5. The van der Waals surface area contributed by atoms with Gasteiger partial charge in [0.25, 0.3) is 5.91 Å². The minimum atomic E-state index is -0.491. The topological polar surface area (TPSA) is 68.5 Å². The van der Waals surface area contributed by atoms with Gasteiger partial charge in [0.15, 0.2) is 5.76 Å². The van der Waals surface area contributed by atoms with E-state index in [1.165, 1.54) is 6.26 Å². The lowest BCUT2D eigenvalue weighted by atomic mass is 10.1. The lowest BCUT2D eigenvalue weighted by molar-refractivity contribution is 0.0734. The van der Waals surface area contributed by atoms with E-state index >= 15 is 0 Å². The number of rotatable bonds is 4. The highest BCUT2D eigenvalue weighted by Crippen LogP contribution is 2.20. The summed E-state index contributed by atoms with van der Waals surface area (Å²) in [6.07, 6.45) is 1.43. The molecule has 0 saturated heterocycles. The second-order valence-electron chi connectivity index (χ2n) is 5.16. The van der Waals surface area contributed by atoms with E-state index in [0.29, 0.717) is 17.0 Å². The van der Waals surface area contributed by atoms with Crippen LogP contribution < -0.4 is 10.1 Å². The van der Waals surface area contributed by atoms with Crippen LogP contribution in [-0.2, 0) is 0 Å². The van der Waals surface area contributed by atoms with Gasteiger partial charge < -0.3 is 14.5 Å². The van der Waals surface area contributed by atoms with Crippen LogP contribution >= 0.6 is 0 Å². The van der Waals surface area contributed by atoms with E-state index < -0.39 is 5.97 Å². The van der Waals surface area contributed by atoms with E-state index in [9.17, 15) is 9.59 Å². The third kappa shape index (κ3) is 3.52. The van der Waals surface area contributed by atoms with Crippen molar-refractivity contribution in [2.45, 2.75) is 6.92 Å². The Balaban J connectivity index is 1.78. The fourth-order valence-electron chi connectivity index (χ4n) is 2.13. The van der Waals surface area contributed by atoms with Crippen molar-refractivity contribution in [3.8, 4) is 5.75 Å². The fraction of sp³-hybridized carbons (Fsp3) is 0.0526. The van der Waals surface area contributed by atoms with Crippen LogP contribution in [0, 0.1) is 6.92 Å². The fourth-order valence-corrected chi connectivity index (χ4v) is 2.13. The van der Waals surface area contributed by atoms with Gasteiger partial charge in [-0.2, -0.15) is 0 Å². The first kappa shape index (κ1) is 15.6. The number of hydrogen-bond acceptors (Lipinski definition) is 4. The van der Waals surface area contributed by atoms with Crippen LogP contribution in [0.25, 0.3) is 0 Å².